The molecule has 0 aromatic carbocycles. The minimum atomic E-state index is -4.63. The first kappa shape index (κ1) is 16.6. The van der Waals surface area contributed by atoms with E-state index in [1.165, 1.54) is 13.8 Å². The molecule has 0 N–H and O–H groups in total. The van der Waals surface area contributed by atoms with Crippen LogP contribution in [0.3, 0.4) is 0 Å². The van der Waals surface area contributed by atoms with Crippen molar-refractivity contribution in [2.24, 2.45) is 23.2 Å². The average Bonchev–Trinajstić information content (AvgIpc) is 2.10. The third-order valence-corrected chi connectivity index (χ3v) is 4.09. The Balaban J connectivity index is 5.48. The van der Waals surface area contributed by atoms with E-state index in [1.807, 2.05) is 0 Å². The molecule has 0 amide bonds. The Bertz CT molecular complexity index is 230. The smallest absolute Gasteiger partial charge is 0.171 e. The first-order valence-corrected chi connectivity index (χ1v) is 5.39. The lowest BCUT2D eigenvalue weighted by Crippen LogP contribution is -2.49. The van der Waals surface area contributed by atoms with E-state index >= 15 is 0 Å². The van der Waals surface area contributed by atoms with E-state index < -0.39 is 35.5 Å². The van der Waals surface area contributed by atoms with Crippen LogP contribution in [0.2, 0.25) is 0 Å². The van der Waals surface area contributed by atoms with Crippen LogP contribution in [0.25, 0.3) is 0 Å². The summed E-state index contributed by atoms with van der Waals surface area (Å²) >= 11 is 0. The molecule has 0 spiro atoms. The van der Waals surface area contributed by atoms with Gasteiger partial charge in [-0.05, 0) is 11.3 Å². The summed E-state index contributed by atoms with van der Waals surface area (Å²) in [7, 11) is 0. The van der Waals surface area contributed by atoms with Gasteiger partial charge >= 0.3 is 12.4 Å². The topological polar surface area (TPSA) is 0 Å². The molecule has 0 aromatic rings. The highest BCUT2D eigenvalue weighted by Crippen LogP contribution is 2.53. The van der Waals surface area contributed by atoms with E-state index in [2.05, 4.69) is 0 Å². The van der Waals surface area contributed by atoms with Crippen molar-refractivity contribution < 1.29 is 26.3 Å². The summed E-state index contributed by atoms with van der Waals surface area (Å²) in [4.78, 5) is 0. The molecule has 0 aliphatic heterocycles. The molecule has 17 heavy (non-hydrogen) atoms. The van der Waals surface area contributed by atoms with Gasteiger partial charge in [-0.25, -0.2) is 0 Å². The highest BCUT2D eigenvalue weighted by atomic mass is 19.4. The van der Waals surface area contributed by atoms with Crippen LogP contribution in [0.4, 0.5) is 26.3 Å². The molecule has 0 radical (unpaired) electrons. The Morgan fingerprint density at radius 1 is 0.647 bits per heavy atom. The zero-order valence-corrected chi connectivity index (χ0v) is 10.5. The molecule has 0 fully saturated rings. The Morgan fingerprint density at radius 2 is 0.882 bits per heavy atom. The predicted octanol–water partition coefficient (Wildman–Crippen LogP) is 5.05. The fourth-order valence-electron chi connectivity index (χ4n) is 2.08. The van der Waals surface area contributed by atoms with E-state index in [0.29, 0.717) is 0 Å². The molecule has 0 aliphatic rings. The van der Waals surface area contributed by atoms with Crippen molar-refractivity contribution >= 4 is 0 Å². The first-order valence-electron chi connectivity index (χ1n) is 5.39. The van der Waals surface area contributed by atoms with E-state index in [4.69, 9.17) is 0 Å². The monoisotopic (exact) mass is 264 g/mol. The Hall–Kier alpha value is -0.420. The number of hydrogen-bond donors (Lipinski definition) is 0. The van der Waals surface area contributed by atoms with Gasteiger partial charge in [0.2, 0.25) is 0 Å². The molecular formula is C11H18F6. The zero-order chi connectivity index (χ0) is 14.2. The summed E-state index contributed by atoms with van der Waals surface area (Å²) in [6, 6.07) is 0. The van der Waals surface area contributed by atoms with Crippen LogP contribution in [-0.4, -0.2) is 12.4 Å². The Kier molecular flexibility index (Phi) is 4.57. The summed E-state index contributed by atoms with van der Waals surface area (Å²) < 4.78 is 76.1. The van der Waals surface area contributed by atoms with Crippen molar-refractivity contribution in [3.05, 3.63) is 0 Å². The van der Waals surface area contributed by atoms with E-state index in [-0.39, 0.29) is 0 Å². The van der Waals surface area contributed by atoms with Crippen molar-refractivity contribution in [1.82, 2.24) is 0 Å². The molecule has 0 saturated carbocycles. The van der Waals surface area contributed by atoms with Gasteiger partial charge in [0, 0.05) is 0 Å². The molecule has 0 aliphatic carbocycles. The van der Waals surface area contributed by atoms with Gasteiger partial charge < -0.3 is 0 Å². The predicted molar refractivity (Wildman–Crippen MR) is 53.4 cm³/mol. The lowest BCUT2D eigenvalue weighted by atomic mass is 9.62. The maximum atomic E-state index is 12.7. The second-order valence-electron chi connectivity index (χ2n) is 5.05. The SMILES string of the molecule is CC(C)C(C)(C(C)C(F)(F)F)C(C)C(F)(F)F. The second kappa shape index (κ2) is 4.69. The summed E-state index contributed by atoms with van der Waals surface area (Å²) in [6.07, 6.45) is -9.25. The minimum Gasteiger partial charge on any atom is -0.171 e. The number of alkyl halides is 6. The van der Waals surface area contributed by atoms with Crippen LogP contribution in [0.1, 0.15) is 34.6 Å². The third kappa shape index (κ3) is 3.28. The van der Waals surface area contributed by atoms with Gasteiger partial charge in [-0.3, -0.25) is 0 Å². The normalized spacial score (nSPS) is 21.2. The van der Waals surface area contributed by atoms with Crippen LogP contribution in [0.5, 0.6) is 0 Å². The first-order chi connectivity index (χ1) is 7.25. The van der Waals surface area contributed by atoms with Gasteiger partial charge in [-0.15, -0.1) is 0 Å². The van der Waals surface area contributed by atoms with Gasteiger partial charge in [0.05, 0.1) is 11.8 Å². The van der Waals surface area contributed by atoms with Gasteiger partial charge in [0.15, 0.2) is 0 Å². The lowest BCUT2D eigenvalue weighted by Gasteiger charge is -2.45. The maximum Gasteiger partial charge on any atom is 0.392 e. The summed E-state index contributed by atoms with van der Waals surface area (Å²) in [5.41, 5.74) is -1.86. The lowest BCUT2D eigenvalue weighted by molar-refractivity contribution is -0.261. The molecule has 0 bridgehead atoms. The fourth-order valence-corrected chi connectivity index (χ4v) is 2.08. The number of hydrogen-bond acceptors (Lipinski definition) is 0. The van der Waals surface area contributed by atoms with Crippen LogP contribution in [0, 0.1) is 23.2 Å². The zero-order valence-electron chi connectivity index (χ0n) is 10.5. The quantitative estimate of drug-likeness (QED) is 0.626. The highest BCUT2D eigenvalue weighted by Gasteiger charge is 2.58. The average molecular weight is 264 g/mol. The molecule has 0 nitrogen and oxygen atoms in total. The molecule has 2 unspecified atom stereocenters. The van der Waals surface area contributed by atoms with Gasteiger partial charge in [-0.1, -0.05) is 34.6 Å². The molecule has 0 heterocycles. The minimum absolute atomic E-state index is 0.726. The second-order valence-corrected chi connectivity index (χ2v) is 5.05. The van der Waals surface area contributed by atoms with Crippen LogP contribution in [-0.2, 0) is 0 Å². The Labute approximate surface area is 97.4 Å². The van der Waals surface area contributed by atoms with Crippen molar-refractivity contribution in [3.63, 3.8) is 0 Å². The van der Waals surface area contributed by atoms with Crippen molar-refractivity contribution in [3.8, 4) is 0 Å². The molecule has 0 saturated heterocycles. The van der Waals surface area contributed by atoms with Crippen LogP contribution < -0.4 is 0 Å². The van der Waals surface area contributed by atoms with Crippen LogP contribution >= 0.6 is 0 Å². The number of halogens is 6. The Morgan fingerprint density at radius 3 is 1.00 bits per heavy atom. The largest absolute Gasteiger partial charge is 0.392 e. The third-order valence-electron chi connectivity index (χ3n) is 4.09. The van der Waals surface area contributed by atoms with E-state index in [1.54, 1.807) is 0 Å². The van der Waals surface area contributed by atoms with Gasteiger partial charge in [0.25, 0.3) is 0 Å². The molecule has 104 valence electrons. The summed E-state index contributed by atoms with van der Waals surface area (Å²) in [5, 5.41) is 0. The van der Waals surface area contributed by atoms with Crippen molar-refractivity contribution in [2.75, 3.05) is 0 Å². The molecule has 0 rings (SSSR count). The van der Waals surface area contributed by atoms with Gasteiger partial charge in [-0.2, -0.15) is 26.3 Å². The fraction of sp³-hybridized carbons (Fsp3) is 1.00. The maximum absolute atomic E-state index is 12.7. The summed E-state index contributed by atoms with van der Waals surface area (Å²) in [6.45, 7) is 5.49. The molecular weight excluding hydrogens is 246 g/mol. The van der Waals surface area contributed by atoms with E-state index in [0.717, 1.165) is 20.8 Å². The van der Waals surface area contributed by atoms with Gasteiger partial charge in [0.1, 0.15) is 0 Å². The molecule has 6 heteroatoms. The summed E-state index contributed by atoms with van der Waals surface area (Å²) in [5.74, 6) is -4.74. The van der Waals surface area contributed by atoms with Crippen molar-refractivity contribution in [1.29, 1.82) is 0 Å². The number of rotatable bonds is 3. The van der Waals surface area contributed by atoms with Crippen LogP contribution in [0.15, 0.2) is 0 Å². The standard InChI is InChI=1S/C11H18F6/c1-6(2)9(5,7(3)10(12,13)14)8(4)11(15,16)17/h6-8H,1-5H3. The molecule has 0 aromatic heterocycles. The molecule has 2 atom stereocenters. The van der Waals surface area contributed by atoms with Crippen molar-refractivity contribution in [2.45, 2.75) is 47.0 Å². The highest BCUT2D eigenvalue weighted by molar-refractivity contribution is 4.93. The van der Waals surface area contributed by atoms with E-state index in [9.17, 15) is 26.3 Å².